The summed E-state index contributed by atoms with van der Waals surface area (Å²) in [4.78, 5) is 2.02. The first-order valence-electron chi connectivity index (χ1n) is 6.53. The molecule has 0 spiro atoms. The van der Waals surface area contributed by atoms with Gasteiger partial charge in [-0.1, -0.05) is 6.07 Å². The molecule has 21 heavy (non-hydrogen) atoms. The highest BCUT2D eigenvalue weighted by Crippen LogP contribution is 2.10. The minimum atomic E-state index is 0.675. The van der Waals surface area contributed by atoms with Crippen molar-refractivity contribution in [2.24, 2.45) is 10.2 Å². The van der Waals surface area contributed by atoms with Crippen LogP contribution in [-0.4, -0.2) is 10.3 Å². The number of rotatable bonds is 4. The van der Waals surface area contributed by atoms with Gasteiger partial charge in [0.25, 0.3) is 0 Å². The van der Waals surface area contributed by atoms with Crippen molar-refractivity contribution in [3.8, 4) is 0 Å². The largest absolute Gasteiger partial charge is 0.467 e. The molecule has 0 saturated carbocycles. The predicted molar refractivity (Wildman–Crippen MR) is 86.9 cm³/mol. The molecule has 0 aliphatic heterocycles. The molecule has 3 aromatic heterocycles. The van der Waals surface area contributed by atoms with Gasteiger partial charge in [0.2, 0.25) is 4.80 Å². The Balaban J connectivity index is 1.92. The van der Waals surface area contributed by atoms with E-state index in [1.165, 1.54) is 0 Å². The quantitative estimate of drug-likeness (QED) is 0.532. The average molecular weight is 317 g/mol. The standard InChI is InChI=1S/C15H15N3OS2/c1-11-10-21-15(18(11)9-13-5-3-7-19-13)17-16-12(2)14-6-4-8-20-14/h3-8,10H,9H2,1-2H3/b16-12+,17-15+. The molecule has 0 bridgehead atoms. The van der Waals surface area contributed by atoms with Gasteiger partial charge in [-0.15, -0.1) is 27.8 Å². The van der Waals surface area contributed by atoms with Gasteiger partial charge in [0, 0.05) is 11.1 Å². The van der Waals surface area contributed by atoms with Crippen LogP contribution in [-0.2, 0) is 6.54 Å². The maximum atomic E-state index is 5.41. The number of hydrogen-bond donors (Lipinski definition) is 0. The molecule has 108 valence electrons. The zero-order valence-corrected chi connectivity index (χ0v) is 13.4. The van der Waals surface area contributed by atoms with Crippen LogP contribution in [0.5, 0.6) is 0 Å². The van der Waals surface area contributed by atoms with Crippen molar-refractivity contribution in [1.29, 1.82) is 0 Å². The van der Waals surface area contributed by atoms with Crippen LogP contribution < -0.4 is 4.80 Å². The Hall–Kier alpha value is -1.92. The predicted octanol–water partition coefficient (Wildman–Crippen LogP) is 3.89. The molecule has 3 aromatic rings. The van der Waals surface area contributed by atoms with Crippen LogP contribution >= 0.6 is 22.7 Å². The van der Waals surface area contributed by atoms with Crippen LogP contribution in [0.1, 0.15) is 23.3 Å². The zero-order chi connectivity index (χ0) is 14.7. The molecule has 0 aliphatic carbocycles. The van der Waals surface area contributed by atoms with Crippen LogP contribution in [0.25, 0.3) is 0 Å². The fourth-order valence-corrected chi connectivity index (χ4v) is 3.40. The lowest BCUT2D eigenvalue weighted by molar-refractivity contribution is 0.488. The highest BCUT2D eigenvalue weighted by atomic mass is 32.1. The number of aryl methyl sites for hydroxylation is 1. The van der Waals surface area contributed by atoms with E-state index in [0.717, 1.165) is 26.8 Å². The molecule has 0 aliphatic rings. The molecule has 3 rings (SSSR count). The number of hydrogen-bond acceptors (Lipinski definition) is 5. The summed E-state index contributed by atoms with van der Waals surface area (Å²) in [6, 6.07) is 7.93. The summed E-state index contributed by atoms with van der Waals surface area (Å²) >= 11 is 3.26. The van der Waals surface area contributed by atoms with Gasteiger partial charge in [0.05, 0.1) is 23.4 Å². The summed E-state index contributed by atoms with van der Waals surface area (Å²) in [7, 11) is 0. The fourth-order valence-electron chi connectivity index (χ4n) is 1.90. The second-order valence-electron chi connectivity index (χ2n) is 4.59. The van der Waals surface area contributed by atoms with E-state index in [2.05, 4.69) is 33.1 Å². The summed E-state index contributed by atoms with van der Waals surface area (Å²) in [6.45, 7) is 4.72. The van der Waals surface area contributed by atoms with Gasteiger partial charge < -0.3 is 8.98 Å². The van der Waals surface area contributed by atoms with Crippen molar-refractivity contribution in [2.75, 3.05) is 0 Å². The zero-order valence-electron chi connectivity index (χ0n) is 11.8. The van der Waals surface area contributed by atoms with E-state index in [1.807, 2.05) is 30.5 Å². The van der Waals surface area contributed by atoms with E-state index in [9.17, 15) is 0 Å². The Bertz CT molecular complexity index is 792. The van der Waals surface area contributed by atoms with Gasteiger partial charge in [-0.25, -0.2) is 0 Å². The molecule has 6 heteroatoms. The number of thiazole rings is 1. The Morgan fingerprint density at radius 1 is 1.29 bits per heavy atom. The molecule has 0 radical (unpaired) electrons. The van der Waals surface area contributed by atoms with Crippen molar-refractivity contribution in [2.45, 2.75) is 20.4 Å². The minimum absolute atomic E-state index is 0.675. The van der Waals surface area contributed by atoms with E-state index in [-0.39, 0.29) is 0 Å². The molecular formula is C15H15N3OS2. The maximum absolute atomic E-state index is 5.41. The van der Waals surface area contributed by atoms with Crippen LogP contribution in [0.4, 0.5) is 0 Å². The van der Waals surface area contributed by atoms with Gasteiger partial charge in [-0.3, -0.25) is 0 Å². The molecule has 4 nitrogen and oxygen atoms in total. The van der Waals surface area contributed by atoms with Crippen molar-refractivity contribution in [3.05, 3.63) is 62.4 Å². The normalized spacial score (nSPS) is 13.0. The Morgan fingerprint density at radius 2 is 2.19 bits per heavy atom. The van der Waals surface area contributed by atoms with Crippen LogP contribution in [0, 0.1) is 6.92 Å². The van der Waals surface area contributed by atoms with E-state index in [1.54, 1.807) is 28.9 Å². The molecule has 0 N–H and O–H groups in total. The molecule has 0 fully saturated rings. The first kappa shape index (κ1) is 14.0. The van der Waals surface area contributed by atoms with Crippen molar-refractivity contribution >= 4 is 28.4 Å². The van der Waals surface area contributed by atoms with E-state index < -0.39 is 0 Å². The average Bonchev–Trinajstić information content (AvgIpc) is 3.21. The van der Waals surface area contributed by atoms with Gasteiger partial charge in [0.15, 0.2) is 0 Å². The van der Waals surface area contributed by atoms with Crippen LogP contribution in [0.15, 0.2) is 55.9 Å². The van der Waals surface area contributed by atoms with Gasteiger partial charge in [-0.05, 0) is 37.4 Å². The lowest BCUT2D eigenvalue weighted by Crippen LogP contribution is -2.16. The Morgan fingerprint density at radius 3 is 2.90 bits per heavy atom. The van der Waals surface area contributed by atoms with Crippen molar-refractivity contribution < 1.29 is 4.42 Å². The monoisotopic (exact) mass is 317 g/mol. The second kappa shape index (κ2) is 6.24. The third-order valence-corrected chi connectivity index (χ3v) is 5.00. The smallest absolute Gasteiger partial charge is 0.211 e. The maximum Gasteiger partial charge on any atom is 0.211 e. The van der Waals surface area contributed by atoms with Gasteiger partial charge >= 0.3 is 0 Å². The summed E-state index contributed by atoms with van der Waals surface area (Å²) in [5.74, 6) is 0.914. The molecule has 0 unspecified atom stereocenters. The Labute approximate surface area is 130 Å². The van der Waals surface area contributed by atoms with Crippen LogP contribution in [0.3, 0.4) is 0 Å². The van der Waals surface area contributed by atoms with Crippen molar-refractivity contribution in [3.63, 3.8) is 0 Å². The molecule has 0 amide bonds. The molecular weight excluding hydrogens is 302 g/mol. The number of aromatic nitrogens is 1. The minimum Gasteiger partial charge on any atom is -0.467 e. The summed E-state index contributed by atoms with van der Waals surface area (Å²) in [6.07, 6.45) is 1.69. The second-order valence-corrected chi connectivity index (χ2v) is 6.37. The SMILES string of the molecule is C/C(=N\N=c1\scc(C)n1Cc1ccco1)c1cccs1. The third-order valence-electron chi connectivity index (χ3n) is 3.05. The molecule has 3 heterocycles. The van der Waals surface area contributed by atoms with Crippen LogP contribution in [0.2, 0.25) is 0 Å². The number of furan rings is 1. The lowest BCUT2D eigenvalue weighted by atomic mass is 10.3. The summed E-state index contributed by atoms with van der Waals surface area (Å²) < 4.78 is 7.52. The molecule has 0 saturated heterocycles. The summed E-state index contributed by atoms with van der Waals surface area (Å²) in [5, 5.41) is 12.9. The lowest BCUT2D eigenvalue weighted by Gasteiger charge is -2.02. The van der Waals surface area contributed by atoms with E-state index in [4.69, 9.17) is 4.42 Å². The topological polar surface area (TPSA) is 42.8 Å². The van der Waals surface area contributed by atoms with E-state index >= 15 is 0 Å². The first-order chi connectivity index (χ1) is 10.2. The first-order valence-corrected chi connectivity index (χ1v) is 8.29. The highest BCUT2D eigenvalue weighted by molar-refractivity contribution is 7.12. The molecule has 0 aromatic carbocycles. The number of thiophene rings is 1. The Kier molecular flexibility index (Phi) is 4.17. The molecule has 0 atom stereocenters. The fraction of sp³-hybridized carbons (Fsp3) is 0.200. The summed E-state index contributed by atoms with van der Waals surface area (Å²) in [5.41, 5.74) is 2.08. The third kappa shape index (κ3) is 3.22. The van der Waals surface area contributed by atoms with Crippen molar-refractivity contribution in [1.82, 2.24) is 4.57 Å². The number of nitrogens with zero attached hydrogens (tertiary/aromatic N) is 3. The highest BCUT2D eigenvalue weighted by Gasteiger charge is 2.04. The van der Waals surface area contributed by atoms with Gasteiger partial charge in [-0.2, -0.15) is 5.10 Å². The van der Waals surface area contributed by atoms with Gasteiger partial charge in [0.1, 0.15) is 5.76 Å². The van der Waals surface area contributed by atoms with E-state index in [0.29, 0.717) is 6.54 Å².